The molecule has 0 heterocycles. The summed E-state index contributed by atoms with van der Waals surface area (Å²) in [6.07, 6.45) is 40.8. The fourth-order valence-electron chi connectivity index (χ4n) is 5.80. The molecule has 0 aliphatic rings. The molecule has 0 fully saturated rings. The van der Waals surface area contributed by atoms with Crippen molar-refractivity contribution in [2.45, 2.75) is 187 Å². The summed E-state index contributed by atoms with van der Waals surface area (Å²) in [5.41, 5.74) is 0. The van der Waals surface area contributed by atoms with Crippen LogP contribution in [0.1, 0.15) is 174 Å². The van der Waals surface area contributed by atoms with E-state index in [9.17, 15) is 24.2 Å². The number of aliphatic hydroxyl groups is 1. The Morgan fingerprint density at radius 1 is 0.632 bits per heavy atom. The highest BCUT2D eigenvalue weighted by Crippen LogP contribution is 2.38. The molecule has 0 aromatic rings. The lowest BCUT2D eigenvalue weighted by Crippen LogP contribution is -2.37. The van der Waals surface area contributed by atoms with Crippen LogP contribution in [0, 0.1) is 0 Å². The van der Waals surface area contributed by atoms with Crippen LogP contribution >= 0.6 is 7.82 Å². The summed E-state index contributed by atoms with van der Waals surface area (Å²) in [6, 6.07) is 0. The largest absolute Gasteiger partial charge is 0.756 e. The third-order valence-electron chi connectivity index (χ3n) is 9.52. The van der Waals surface area contributed by atoms with Gasteiger partial charge < -0.3 is 33.0 Å². The van der Waals surface area contributed by atoms with Gasteiger partial charge in [0.15, 0.2) is 6.10 Å². The second-order valence-electron chi connectivity index (χ2n) is 16.2. The fourth-order valence-corrected chi connectivity index (χ4v) is 6.53. The van der Waals surface area contributed by atoms with E-state index >= 15 is 0 Å². The SMILES string of the molecule is CCCCCCCCCCCCCCCCCC(=O)O[C@H](COC(=O)CCC/C=C\C/C=C\C/C=C\C/C=C\CC[C@@H](O)CC)COP(=O)([O-])OCC[N+](C)(C)C. The number of carbonyl (C=O) groups is 2. The van der Waals surface area contributed by atoms with Crippen molar-refractivity contribution >= 4 is 19.8 Å². The van der Waals surface area contributed by atoms with Crippen molar-refractivity contribution in [2.75, 3.05) is 47.5 Å². The van der Waals surface area contributed by atoms with Crippen LogP contribution < -0.4 is 4.89 Å². The minimum absolute atomic E-state index is 0.0453. The highest BCUT2D eigenvalue weighted by molar-refractivity contribution is 7.45. The summed E-state index contributed by atoms with van der Waals surface area (Å²) in [5.74, 6) is -0.916. The standard InChI is InChI=1S/C46H84NO9P/c1-6-8-9-10-11-12-13-14-15-20-23-26-29-32-35-38-46(50)56-44(42-55-57(51,52)54-40-39-47(3,4)5)41-53-45(49)37-34-31-28-25-22-19-17-16-18-21-24-27-30-33-36-43(48)7-2/h17-19,21,25,27-28,30,43-44,48H,6-16,20,22-24,26,29,31-42H2,1-5H3/b19-17-,21-18-,28-25-,30-27-/t43-,44+/m0/s1. The van der Waals surface area contributed by atoms with Crippen LogP contribution in [0.4, 0.5) is 0 Å². The molecule has 332 valence electrons. The molecule has 3 atom stereocenters. The molecule has 0 bridgehead atoms. The third kappa shape index (κ3) is 41.9. The van der Waals surface area contributed by atoms with Gasteiger partial charge in [0.1, 0.15) is 19.8 Å². The lowest BCUT2D eigenvalue weighted by Gasteiger charge is -2.28. The summed E-state index contributed by atoms with van der Waals surface area (Å²) in [7, 11) is 1.12. The number of aliphatic hydroxyl groups excluding tert-OH is 1. The smallest absolute Gasteiger partial charge is 0.306 e. The first-order valence-corrected chi connectivity index (χ1v) is 23.9. The maximum absolute atomic E-state index is 12.7. The molecule has 0 aromatic heterocycles. The highest BCUT2D eigenvalue weighted by atomic mass is 31.2. The molecule has 0 saturated carbocycles. The minimum atomic E-state index is -4.64. The topological polar surface area (TPSA) is 131 Å². The quantitative estimate of drug-likeness (QED) is 0.0211. The lowest BCUT2D eigenvalue weighted by molar-refractivity contribution is -0.870. The summed E-state index contributed by atoms with van der Waals surface area (Å²) >= 11 is 0. The first-order valence-electron chi connectivity index (χ1n) is 22.4. The van der Waals surface area contributed by atoms with E-state index < -0.39 is 32.5 Å². The van der Waals surface area contributed by atoms with Gasteiger partial charge in [-0.1, -0.05) is 152 Å². The van der Waals surface area contributed by atoms with Crippen LogP contribution in [0.2, 0.25) is 0 Å². The number of hydrogen-bond acceptors (Lipinski definition) is 9. The molecule has 0 saturated heterocycles. The normalized spacial score (nSPS) is 14.6. The molecule has 0 radical (unpaired) electrons. The summed E-state index contributed by atoms with van der Waals surface area (Å²) < 4.78 is 33.8. The van der Waals surface area contributed by atoms with Crippen LogP contribution in [0.15, 0.2) is 48.6 Å². The van der Waals surface area contributed by atoms with E-state index in [1.165, 1.54) is 70.6 Å². The number of nitrogens with zero attached hydrogens (tertiary/aromatic N) is 1. The molecule has 1 unspecified atom stereocenters. The van der Waals surface area contributed by atoms with E-state index in [1.54, 1.807) is 0 Å². The van der Waals surface area contributed by atoms with Crippen molar-refractivity contribution in [1.29, 1.82) is 0 Å². The Kier molecular flexibility index (Phi) is 36.8. The van der Waals surface area contributed by atoms with Crippen molar-refractivity contribution in [3.63, 3.8) is 0 Å². The predicted molar refractivity (Wildman–Crippen MR) is 233 cm³/mol. The Bertz CT molecular complexity index is 1130. The van der Waals surface area contributed by atoms with Gasteiger partial charge in [-0.3, -0.25) is 14.2 Å². The molecular formula is C46H84NO9P. The Labute approximate surface area is 348 Å². The first kappa shape index (κ1) is 54.9. The van der Waals surface area contributed by atoms with E-state index in [0.717, 1.165) is 64.2 Å². The number of phosphoric ester groups is 1. The van der Waals surface area contributed by atoms with Crippen LogP contribution in [0.25, 0.3) is 0 Å². The fraction of sp³-hybridized carbons (Fsp3) is 0.783. The molecule has 11 heteroatoms. The van der Waals surface area contributed by atoms with Crippen molar-refractivity contribution in [3.05, 3.63) is 48.6 Å². The minimum Gasteiger partial charge on any atom is -0.756 e. The highest BCUT2D eigenvalue weighted by Gasteiger charge is 2.21. The Balaban J connectivity index is 4.44. The average molecular weight is 826 g/mol. The van der Waals surface area contributed by atoms with Gasteiger partial charge in [0.2, 0.25) is 0 Å². The van der Waals surface area contributed by atoms with E-state index in [1.807, 2.05) is 34.1 Å². The van der Waals surface area contributed by atoms with Crippen molar-refractivity contribution < 1.29 is 47.2 Å². The molecule has 10 nitrogen and oxygen atoms in total. The number of hydrogen-bond donors (Lipinski definition) is 1. The monoisotopic (exact) mass is 826 g/mol. The summed E-state index contributed by atoms with van der Waals surface area (Å²) in [4.78, 5) is 37.5. The predicted octanol–water partition coefficient (Wildman–Crippen LogP) is 11.0. The second kappa shape index (κ2) is 38.2. The number of phosphoric acid groups is 1. The Hall–Kier alpha value is -2.07. The van der Waals surface area contributed by atoms with Crippen LogP contribution in [-0.4, -0.2) is 81.2 Å². The van der Waals surface area contributed by atoms with Gasteiger partial charge in [0.05, 0.1) is 33.9 Å². The number of carbonyl (C=O) groups excluding carboxylic acids is 2. The maximum Gasteiger partial charge on any atom is 0.306 e. The number of rotatable bonds is 40. The molecule has 0 aliphatic carbocycles. The lowest BCUT2D eigenvalue weighted by atomic mass is 10.0. The zero-order valence-electron chi connectivity index (χ0n) is 36.9. The van der Waals surface area contributed by atoms with Crippen molar-refractivity contribution in [2.24, 2.45) is 0 Å². The van der Waals surface area contributed by atoms with Gasteiger partial charge in [-0.15, -0.1) is 0 Å². The molecule has 0 amide bonds. The summed E-state index contributed by atoms with van der Waals surface area (Å²) in [5, 5.41) is 9.56. The van der Waals surface area contributed by atoms with Crippen molar-refractivity contribution in [3.8, 4) is 0 Å². The van der Waals surface area contributed by atoms with Gasteiger partial charge in [-0.05, 0) is 57.8 Å². The third-order valence-corrected chi connectivity index (χ3v) is 10.5. The number of esters is 2. The van der Waals surface area contributed by atoms with Crippen LogP contribution in [0.5, 0.6) is 0 Å². The maximum atomic E-state index is 12.7. The first-order chi connectivity index (χ1) is 27.4. The van der Waals surface area contributed by atoms with Gasteiger partial charge in [-0.25, -0.2) is 0 Å². The number of unbranched alkanes of at least 4 members (excludes halogenated alkanes) is 15. The van der Waals surface area contributed by atoms with E-state index in [4.69, 9.17) is 18.5 Å². The average Bonchev–Trinajstić information content (AvgIpc) is 3.16. The van der Waals surface area contributed by atoms with Gasteiger partial charge in [-0.2, -0.15) is 0 Å². The number of likely N-dealkylation sites (N-methyl/N-ethyl adjacent to an activating group) is 1. The van der Waals surface area contributed by atoms with E-state index in [-0.39, 0.29) is 32.2 Å². The summed E-state index contributed by atoms with van der Waals surface area (Å²) in [6.45, 7) is 3.88. The van der Waals surface area contributed by atoms with Gasteiger partial charge in [0, 0.05) is 12.8 Å². The molecule has 0 spiro atoms. The number of ether oxygens (including phenoxy) is 2. The van der Waals surface area contributed by atoms with Crippen LogP contribution in [-0.2, 0) is 32.7 Å². The molecule has 0 aliphatic heterocycles. The molecule has 0 aromatic carbocycles. The molecule has 1 N–H and O–H groups in total. The number of quaternary nitrogens is 1. The molecular weight excluding hydrogens is 741 g/mol. The van der Waals surface area contributed by atoms with E-state index in [0.29, 0.717) is 23.9 Å². The van der Waals surface area contributed by atoms with Crippen LogP contribution in [0.3, 0.4) is 0 Å². The Morgan fingerprint density at radius 2 is 1.11 bits per heavy atom. The Morgan fingerprint density at radius 3 is 1.61 bits per heavy atom. The van der Waals surface area contributed by atoms with Crippen molar-refractivity contribution in [1.82, 2.24) is 0 Å². The molecule has 0 rings (SSSR count). The zero-order valence-corrected chi connectivity index (χ0v) is 37.8. The number of allylic oxidation sites excluding steroid dienone is 8. The van der Waals surface area contributed by atoms with E-state index in [2.05, 4.69) is 49.5 Å². The zero-order chi connectivity index (χ0) is 42.3. The second-order valence-corrected chi connectivity index (χ2v) is 17.6. The van der Waals surface area contributed by atoms with Gasteiger partial charge in [0.25, 0.3) is 7.82 Å². The van der Waals surface area contributed by atoms with Gasteiger partial charge >= 0.3 is 11.9 Å². The molecule has 57 heavy (non-hydrogen) atoms.